The summed E-state index contributed by atoms with van der Waals surface area (Å²) in [6.45, 7) is 2.26. The van der Waals surface area contributed by atoms with E-state index >= 15 is 0 Å². The standard InChI is InChI=1S/C20H21/c1-2-3-4-5-14-20-18-12-8-6-10-16(18)15-17-11-7-9-13-19(17)20/h6-15H,2-5H2,1H3. The lowest BCUT2D eigenvalue weighted by molar-refractivity contribution is 0.716. The van der Waals surface area contributed by atoms with Gasteiger partial charge in [0.15, 0.2) is 0 Å². The van der Waals surface area contributed by atoms with Crippen LogP contribution in [0.1, 0.15) is 38.2 Å². The van der Waals surface area contributed by atoms with Crippen molar-refractivity contribution in [1.82, 2.24) is 0 Å². The third-order valence-electron chi connectivity index (χ3n) is 3.97. The molecule has 1 radical (unpaired) electrons. The van der Waals surface area contributed by atoms with Gasteiger partial charge in [-0.15, -0.1) is 0 Å². The van der Waals surface area contributed by atoms with Crippen LogP contribution in [0, 0.1) is 6.42 Å². The molecule has 0 aliphatic carbocycles. The minimum Gasteiger partial charge on any atom is -0.0654 e. The summed E-state index contributed by atoms with van der Waals surface area (Å²) in [5, 5.41) is 5.44. The summed E-state index contributed by atoms with van der Waals surface area (Å²) in [5.74, 6) is 0. The third-order valence-corrected chi connectivity index (χ3v) is 3.97. The second-order valence-corrected chi connectivity index (χ2v) is 5.43. The van der Waals surface area contributed by atoms with Crippen molar-refractivity contribution in [3.63, 3.8) is 0 Å². The molecule has 0 fully saturated rings. The summed E-state index contributed by atoms with van der Waals surface area (Å²) in [7, 11) is 0. The quantitative estimate of drug-likeness (QED) is 0.383. The average molecular weight is 261 g/mol. The van der Waals surface area contributed by atoms with Gasteiger partial charge in [-0.3, -0.25) is 0 Å². The summed E-state index contributed by atoms with van der Waals surface area (Å²) in [6.07, 6.45) is 7.49. The molecule has 0 heteroatoms. The fraction of sp³-hybridized carbons (Fsp3) is 0.250. The van der Waals surface area contributed by atoms with Gasteiger partial charge in [-0.2, -0.15) is 0 Å². The van der Waals surface area contributed by atoms with E-state index in [4.69, 9.17) is 0 Å². The summed E-state index contributed by atoms with van der Waals surface area (Å²) >= 11 is 0. The average Bonchev–Trinajstić information content (AvgIpc) is 2.50. The van der Waals surface area contributed by atoms with Crippen molar-refractivity contribution < 1.29 is 0 Å². The molecule has 0 bridgehead atoms. The molecular weight excluding hydrogens is 240 g/mol. The molecule has 20 heavy (non-hydrogen) atoms. The molecule has 0 N–H and O–H groups in total. The van der Waals surface area contributed by atoms with Crippen LogP contribution < -0.4 is 0 Å². The van der Waals surface area contributed by atoms with E-state index in [-0.39, 0.29) is 0 Å². The lowest BCUT2D eigenvalue weighted by atomic mass is 9.93. The fourth-order valence-corrected chi connectivity index (χ4v) is 2.91. The van der Waals surface area contributed by atoms with Gasteiger partial charge in [-0.25, -0.2) is 0 Å². The number of hydrogen-bond donors (Lipinski definition) is 0. The van der Waals surface area contributed by atoms with E-state index in [9.17, 15) is 0 Å². The molecule has 3 aromatic rings. The topological polar surface area (TPSA) is 0 Å². The summed E-state index contributed by atoms with van der Waals surface area (Å²) < 4.78 is 0. The van der Waals surface area contributed by atoms with Gasteiger partial charge in [0, 0.05) is 0 Å². The van der Waals surface area contributed by atoms with Crippen LogP contribution in [0.15, 0.2) is 54.6 Å². The van der Waals surface area contributed by atoms with Crippen molar-refractivity contribution >= 4 is 21.5 Å². The Hall–Kier alpha value is -1.82. The van der Waals surface area contributed by atoms with Crippen LogP contribution in [-0.4, -0.2) is 0 Å². The minimum atomic E-state index is 1.17. The number of rotatable bonds is 5. The third kappa shape index (κ3) is 2.56. The van der Waals surface area contributed by atoms with E-state index in [0.29, 0.717) is 0 Å². The van der Waals surface area contributed by atoms with E-state index in [0.717, 1.165) is 0 Å². The molecule has 0 spiro atoms. The first-order valence-electron chi connectivity index (χ1n) is 7.64. The summed E-state index contributed by atoms with van der Waals surface area (Å²) in [6, 6.07) is 19.7. The van der Waals surface area contributed by atoms with E-state index < -0.39 is 0 Å². The van der Waals surface area contributed by atoms with Gasteiger partial charge >= 0.3 is 0 Å². The molecule has 3 aromatic carbocycles. The molecule has 0 heterocycles. The first-order valence-corrected chi connectivity index (χ1v) is 7.64. The highest BCUT2D eigenvalue weighted by Gasteiger charge is 2.07. The second kappa shape index (κ2) is 6.09. The second-order valence-electron chi connectivity index (χ2n) is 5.43. The van der Waals surface area contributed by atoms with Gasteiger partial charge in [-0.05, 0) is 46.0 Å². The minimum absolute atomic E-state index is 1.17. The normalized spacial score (nSPS) is 11.2. The molecule has 0 atom stereocenters. The predicted molar refractivity (Wildman–Crippen MR) is 89.0 cm³/mol. The maximum Gasteiger partial charge on any atom is -0.00803 e. The molecule has 0 nitrogen and oxygen atoms in total. The SMILES string of the molecule is CCCCC[CH]c1c2ccccc2cc2ccccc12. The van der Waals surface area contributed by atoms with Gasteiger partial charge in [-0.1, -0.05) is 74.7 Å². The van der Waals surface area contributed by atoms with Gasteiger partial charge in [0.05, 0.1) is 0 Å². The molecule has 0 aromatic heterocycles. The van der Waals surface area contributed by atoms with Crippen LogP contribution in [0.4, 0.5) is 0 Å². The number of unbranched alkanes of at least 4 members (excludes halogenated alkanes) is 3. The molecular formula is C20H21. The smallest absolute Gasteiger partial charge is 0.00803 e. The number of fused-ring (bicyclic) bond motifs is 2. The van der Waals surface area contributed by atoms with Crippen LogP contribution in [0.5, 0.6) is 0 Å². The van der Waals surface area contributed by atoms with Crippen LogP contribution >= 0.6 is 0 Å². The Kier molecular flexibility index (Phi) is 4.01. The Bertz CT molecular complexity index is 655. The first kappa shape index (κ1) is 13.2. The summed E-state index contributed by atoms with van der Waals surface area (Å²) in [5.41, 5.74) is 1.41. The molecule has 0 saturated carbocycles. The first-order chi connectivity index (χ1) is 9.90. The highest BCUT2D eigenvalue weighted by atomic mass is 14.1. The molecule has 0 aliphatic rings. The zero-order chi connectivity index (χ0) is 13.8. The maximum absolute atomic E-state index is 2.43. The molecule has 0 aliphatic heterocycles. The zero-order valence-electron chi connectivity index (χ0n) is 12.1. The van der Waals surface area contributed by atoms with Crippen LogP contribution in [0.25, 0.3) is 21.5 Å². The van der Waals surface area contributed by atoms with Crippen molar-refractivity contribution in [2.24, 2.45) is 0 Å². The largest absolute Gasteiger partial charge is 0.0654 e. The Morgan fingerprint density at radius 3 is 2.00 bits per heavy atom. The molecule has 0 saturated heterocycles. The highest BCUT2D eigenvalue weighted by Crippen LogP contribution is 2.30. The van der Waals surface area contributed by atoms with E-state index in [1.54, 1.807) is 0 Å². The number of hydrogen-bond acceptors (Lipinski definition) is 0. The monoisotopic (exact) mass is 261 g/mol. The van der Waals surface area contributed by atoms with Crippen molar-refractivity contribution in [3.05, 3.63) is 66.6 Å². The van der Waals surface area contributed by atoms with Gasteiger partial charge < -0.3 is 0 Å². The zero-order valence-corrected chi connectivity index (χ0v) is 12.1. The Morgan fingerprint density at radius 2 is 1.40 bits per heavy atom. The Morgan fingerprint density at radius 1 is 0.800 bits per heavy atom. The van der Waals surface area contributed by atoms with Gasteiger partial charge in [0.1, 0.15) is 0 Å². The summed E-state index contributed by atoms with van der Waals surface area (Å²) in [4.78, 5) is 0. The van der Waals surface area contributed by atoms with Crippen LogP contribution in [0.2, 0.25) is 0 Å². The lowest BCUT2D eigenvalue weighted by Crippen LogP contribution is -1.89. The Balaban J connectivity index is 2.08. The molecule has 0 unspecified atom stereocenters. The fourth-order valence-electron chi connectivity index (χ4n) is 2.91. The molecule has 101 valence electrons. The lowest BCUT2D eigenvalue weighted by Gasteiger charge is -2.11. The molecule has 3 rings (SSSR count). The number of benzene rings is 3. The maximum atomic E-state index is 2.43. The van der Waals surface area contributed by atoms with Gasteiger partial charge in [0.2, 0.25) is 0 Å². The molecule has 0 amide bonds. The van der Waals surface area contributed by atoms with E-state index in [1.807, 2.05) is 0 Å². The van der Waals surface area contributed by atoms with Crippen molar-refractivity contribution in [2.45, 2.75) is 32.6 Å². The van der Waals surface area contributed by atoms with Gasteiger partial charge in [0.25, 0.3) is 0 Å². The van der Waals surface area contributed by atoms with Crippen LogP contribution in [0.3, 0.4) is 0 Å². The van der Waals surface area contributed by atoms with Crippen LogP contribution in [-0.2, 0) is 0 Å². The van der Waals surface area contributed by atoms with E-state index in [1.165, 1.54) is 52.8 Å². The Labute approximate surface area is 121 Å². The van der Waals surface area contributed by atoms with Crippen molar-refractivity contribution in [3.8, 4) is 0 Å². The highest BCUT2D eigenvalue weighted by molar-refractivity contribution is 6.03. The van der Waals surface area contributed by atoms with E-state index in [2.05, 4.69) is 67.9 Å². The van der Waals surface area contributed by atoms with Crippen molar-refractivity contribution in [1.29, 1.82) is 0 Å². The predicted octanol–water partition coefficient (Wildman–Crippen LogP) is 6.13. The van der Waals surface area contributed by atoms with Crippen molar-refractivity contribution in [2.75, 3.05) is 0 Å².